The lowest BCUT2D eigenvalue weighted by Crippen LogP contribution is -2.54. The van der Waals surface area contributed by atoms with Crippen LogP contribution >= 0.6 is 24.8 Å². The molecule has 236 valence electrons. The summed E-state index contributed by atoms with van der Waals surface area (Å²) in [4.78, 5) is 55.8. The first-order valence-electron chi connectivity index (χ1n) is 13.8. The average molecular weight is 635 g/mol. The van der Waals surface area contributed by atoms with E-state index in [1.54, 1.807) is 12.1 Å². The summed E-state index contributed by atoms with van der Waals surface area (Å²) >= 11 is 0. The molecule has 2 saturated heterocycles. The van der Waals surface area contributed by atoms with Crippen LogP contribution in [-0.2, 0) is 28.5 Å². The van der Waals surface area contributed by atoms with Gasteiger partial charge < -0.3 is 29.6 Å². The largest absolute Gasteiger partial charge is 0.378 e. The van der Waals surface area contributed by atoms with Crippen LogP contribution in [0.2, 0.25) is 0 Å². The number of fused-ring (bicyclic) bond motifs is 1. The number of hydrogen-bond acceptors (Lipinski definition) is 11. The van der Waals surface area contributed by atoms with Crippen LogP contribution in [0.5, 0.6) is 0 Å². The zero-order chi connectivity index (χ0) is 28.3. The molecule has 3 heterocycles. The molecule has 0 aliphatic carbocycles. The lowest BCUT2D eigenvalue weighted by atomic mass is 10.0. The quantitative estimate of drug-likeness (QED) is 0.188. The van der Waals surface area contributed by atoms with E-state index in [-0.39, 0.29) is 37.7 Å². The van der Waals surface area contributed by atoms with Crippen molar-refractivity contribution in [2.24, 2.45) is 5.73 Å². The normalized spacial score (nSPS) is 18.9. The van der Waals surface area contributed by atoms with E-state index in [0.29, 0.717) is 89.3 Å². The Morgan fingerprint density at radius 1 is 0.786 bits per heavy atom. The fourth-order valence-electron chi connectivity index (χ4n) is 5.01. The third-order valence-corrected chi connectivity index (χ3v) is 7.09. The van der Waals surface area contributed by atoms with Crippen molar-refractivity contribution in [2.75, 3.05) is 97.0 Å². The number of amides is 4. The van der Waals surface area contributed by atoms with Gasteiger partial charge in [-0.1, -0.05) is 6.07 Å². The van der Waals surface area contributed by atoms with Crippen LogP contribution in [0.25, 0.3) is 0 Å². The molecule has 3 aliphatic rings. The predicted octanol–water partition coefficient (Wildman–Crippen LogP) is 0.0785. The van der Waals surface area contributed by atoms with Gasteiger partial charge in [0.25, 0.3) is 11.8 Å². The number of ether oxygens (including phenoxy) is 4. The molecule has 3 aliphatic heterocycles. The number of carbonyl (C=O) groups excluding carboxylic acids is 4. The molecule has 3 N–H and O–H groups in total. The highest BCUT2D eigenvalue weighted by Crippen LogP contribution is 2.34. The van der Waals surface area contributed by atoms with E-state index < -0.39 is 29.7 Å². The maximum Gasteiger partial charge on any atom is 0.264 e. The lowest BCUT2D eigenvalue weighted by Gasteiger charge is -2.36. The van der Waals surface area contributed by atoms with Crippen LogP contribution in [0.4, 0.5) is 5.69 Å². The van der Waals surface area contributed by atoms with Gasteiger partial charge in [-0.15, -0.1) is 24.8 Å². The molecule has 42 heavy (non-hydrogen) atoms. The second kappa shape index (κ2) is 18.3. The second-order valence-corrected chi connectivity index (χ2v) is 9.71. The molecular formula is C27H41Cl2N5O8. The number of piperazine rings is 1. The van der Waals surface area contributed by atoms with Crippen LogP contribution < -0.4 is 16.0 Å². The zero-order valence-corrected chi connectivity index (χ0v) is 25.3. The molecule has 1 aromatic rings. The number of piperidine rings is 1. The van der Waals surface area contributed by atoms with Crippen molar-refractivity contribution in [2.45, 2.75) is 18.9 Å². The Bertz CT molecular complexity index is 1060. The summed E-state index contributed by atoms with van der Waals surface area (Å²) in [7, 11) is 0. The van der Waals surface area contributed by atoms with Crippen molar-refractivity contribution >= 4 is 54.1 Å². The molecule has 4 rings (SSSR count). The van der Waals surface area contributed by atoms with Crippen LogP contribution in [0.15, 0.2) is 18.2 Å². The first-order chi connectivity index (χ1) is 19.5. The molecule has 0 spiro atoms. The Kier molecular flexibility index (Phi) is 15.6. The SMILES string of the molecule is Cl.Cl.NCCOCCOCCOCCOCCN1CCN(c2cccc3c2C(=O)N(C2CCC(=O)NC2=O)C3=O)CC1. The summed E-state index contributed by atoms with van der Waals surface area (Å²) < 4.78 is 21.8. The Labute approximate surface area is 258 Å². The van der Waals surface area contributed by atoms with Gasteiger partial charge >= 0.3 is 0 Å². The molecule has 2 fully saturated rings. The van der Waals surface area contributed by atoms with Gasteiger partial charge in [0.15, 0.2) is 0 Å². The number of nitrogens with two attached hydrogens (primary N) is 1. The van der Waals surface area contributed by atoms with Crippen molar-refractivity contribution < 1.29 is 38.1 Å². The minimum atomic E-state index is -0.972. The first-order valence-corrected chi connectivity index (χ1v) is 13.8. The lowest BCUT2D eigenvalue weighted by molar-refractivity contribution is -0.136. The van der Waals surface area contributed by atoms with Crippen molar-refractivity contribution in [3.8, 4) is 0 Å². The number of rotatable bonds is 16. The number of anilines is 1. The topological polar surface area (TPSA) is 153 Å². The molecule has 0 bridgehead atoms. The number of imide groups is 2. The fourth-order valence-corrected chi connectivity index (χ4v) is 5.01. The Morgan fingerprint density at radius 3 is 1.98 bits per heavy atom. The highest BCUT2D eigenvalue weighted by Gasteiger charge is 2.46. The Balaban J connectivity index is 0.00000308. The number of benzene rings is 1. The summed E-state index contributed by atoms with van der Waals surface area (Å²) in [6.07, 6.45) is 0.231. The number of hydrogen-bond donors (Lipinski definition) is 2. The zero-order valence-electron chi connectivity index (χ0n) is 23.6. The van der Waals surface area contributed by atoms with Gasteiger partial charge in [-0.25, -0.2) is 0 Å². The highest BCUT2D eigenvalue weighted by molar-refractivity contribution is 6.25. The molecule has 15 heteroatoms. The minimum Gasteiger partial charge on any atom is -0.378 e. The maximum absolute atomic E-state index is 13.4. The summed E-state index contributed by atoms with van der Waals surface area (Å²) in [5.41, 5.74) is 6.68. The smallest absolute Gasteiger partial charge is 0.264 e. The van der Waals surface area contributed by atoms with Crippen molar-refractivity contribution in [1.29, 1.82) is 0 Å². The van der Waals surface area contributed by atoms with E-state index in [4.69, 9.17) is 24.7 Å². The van der Waals surface area contributed by atoms with E-state index in [1.165, 1.54) is 0 Å². The summed E-state index contributed by atoms with van der Waals surface area (Å²) in [6, 6.07) is 4.26. The summed E-state index contributed by atoms with van der Waals surface area (Å²) in [6.45, 7) is 8.46. The third-order valence-electron chi connectivity index (χ3n) is 7.09. The van der Waals surface area contributed by atoms with Crippen LogP contribution in [-0.4, -0.2) is 132 Å². The molecule has 1 atom stereocenters. The monoisotopic (exact) mass is 633 g/mol. The molecular weight excluding hydrogens is 593 g/mol. The fraction of sp³-hybridized carbons (Fsp3) is 0.630. The van der Waals surface area contributed by atoms with E-state index in [0.717, 1.165) is 24.5 Å². The van der Waals surface area contributed by atoms with Crippen molar-refractivity contribution in [1.82, 2.24) is 15.1 Å². The van der Waals surface area contributed by atoms with Gasteiger partial charge in [-0.05, 0) is 18.6 Å². The van der Waals surface area contributed by atoms with Gasteiger partial charge in [-0.3, -0.25) is 34.3 Å². The molecule has 0 aromatic heterocycles. The molecule has 4 amide bonds. The van der Waals surface area contributed by atoms with Gasteiger partial charge in [0.05, 0.1) is 69.7 Å². The Morgan fingerprint density at radius 2 is 1.38 bits per heavy atom. The first kappa shape index (κ1) is 35.8. The van der Waals surface area contributed by atoms with Crippen LogP contribution in [0.1, 0.15) is 33.6 Å². The van der Waals surface area contributed by atoms with Crippen LogP contribution in [0.3, 0.4) is 0 Å². The summed E-state index contributed by atoms with van der Waals surface area (Å²) in [5.74, 6) is -1.97. The van der Waals surface area contributed by atoms with E-state index in [9.17, 15) is 19.2 Å². The van der Waals surface area contributed by atoms with Crippen molar-refractivity contribution in [3.05, 3.63) is 29.3 Å². The van der Waals surface area contributed by atoms with E-state index in [2.05, 4.69) is 15.1 Å². The number of halogens is 2. The Hall–Kier alpha value is -2.36. The maximum atomic E-state index is 13.4. The summed E-state index contributed by atoms with van der Waals surface area (Å²) in [5, 5.41) is 2.23. The van der Waals surface area contributed by atoms with Gasteiger partial charge in [0.2, 0.25) is 11.8 Å². The molecule has 1 unspecified atom stereocenters. The predicted molar refractivity (Wildman–Crippen MR) is 159 cm³/mol. The molecule has 13 nitrogen and oxygen atoms in total. The molecule has 1 aromatic carbocycles. The number of carbonyl (C=O) groups is 4. The minimum absolute atomic E-state index is 0. The average Bonchev–Trinajstić information content (AvgIpc) is 3.21. The van der Waals surface area contributed by atoms with E-state index in [1.807, 2.05) is 6.07 Å². The number of nitrogens with one attached hydrogen (secondary N) is 1. The van der Waals surface area contributed by atoms with Crippen LogP contribution in [0, 0.1) is 0 Å². The molecule has 0 radical (unpaired) electrons. The van der Waals surface area contributed by atoms with Gasteiger partial charge in [-0.2, -0.15) is 0 Å². The third kappa shape index (κ3) is 9.32. The highest BCUT2D eigenvalue weighted by atomic mass is 35.5. The van der Waals surface area contributed by atoms with Gasteiger partial charge in [0, 0.05) is 45.7 Å². The second-order valence-electron chi connectivity index (χ2n) is 9.71. The van der Waals surface area contributed by atoms with Gasteiger partial charge in [0.1, 0.15) is 6.04 Å². The number of nitrogens with zero attached hydrogens (tertiary/aromatic N) is 3. The van der Waals surface area contributed by atoms with E-state index >= 15 is 0 Å². The standard InChI is InChI=1S/C27H39N5O8.2ClH/c28-6-12-37-14-16-39-18-19-40-17-15-38-13-11-30-7-9-31(10-8-30)21-3-1-2-20-24(21)27(36)32(26(20)35)22-4-5-23(33)29-25(22)34;;/h1-3,22H,4-19,28H2,(H,29,33,34);2*1H. The van der Waals surface area contributed by atoms with Crippen molar-refractivity contribution in [3.63, 3.8) is 0 Å². The molecule has 0 saturated carbocycles.